The molecule has 182 valence electrons. The molecule has 0 spiro atoms. The van der Waals surface area contributed by atoms with Crippen LogP contribution in [0.4, 0.5) is 13.9 Å². The lowest BCUT2D eigenvalue weighted by atomic mass is 9.98. The number of aryl methyl sites for hydroxylation is 1. The van der Waals surface area contributed by atoms with Gasteiger partial charge in [-0.1, -0.05) is 17.3 Å². The molecular formula is C24H19F2N7O2S. The first-order chi connectivity index (χ1) is 17.4. The molecule has 1 N–H and O–H groups in total. The van der Waals surface area contributed by atoms with Crippen molar-refractivity contribution < 1.29 is 18.3 Å². The van der Waals surface area contributed by atoms with Gasteiger partial charge in [0, 0.05) is 30.3 Å². The lowest BCUT2D eigenvalue weighted by Crippen LogP contribution is -2.14. The maximum Gasteiger partial charge on any atom is 0.280 e. The lowest BCUT2D eigenvalue weighted by Gasteiger charge is -2.15. The van der Waals surface area contributed by atoms with E-state index in [0.29, 0.717) is 27.9 Å². The first-order valence-corrected chi connectivity index (χ1v) is 11.7. The van der Waals surface area contributed by atoms with Crippen molar-refractivity contribution in [1.29, 1.82) is 0 Å². The van der Waals surface area contributed by atoms with Gasteiger partial charge >= 0.3 is 0 Å². The van der Waals surface area contributed by atoms with Crippen molar-refractivity contribution in [3.63, 3.8) is 0 Å². The van der Waals surface area contributed by atoms with Gasteiger partial charge in [0.25, 0.3) is 12.3 Å². The van der Waals surface area contributed by atoms with Gasteiger partial charge in [0.05, 0.1) is 42.8 Å². The Morgan fingerprint density at radius 1 is 1.19 bits per heavy atom. The second-order valence-corrected chi connectivity index (χ2v) is 9.00. The van der Waals surface area contributed by atoms with E-state index in [1.165, 1.54) is 25.6 Å². The zero-order chi connectivity index (χ0) is 25.2. The number of hydrogen-bond donors (Lipinski definition) is 1. The van der Waals surface area contributed by atoms with Gasteiger partial charge in [0.15, 0.2) is 5.01 Å². The number of anilines is 1. The average Bonchev–Trinajstić information content (AvgIpc) is 3.45. The largest absolute Gasteiger partial charge is 0.494 e. The Kier molecular flexibility index (Phi) is 6.39. The number of alkyl halides is 2. The number of carbonyl (C=O) groups excluding carboxylic acids is 1. The zero-order valence-corrected chi connectivity index (χ0v) is 20.0. The molecule has 0 aromatic carbocycles. The molecule has 1 saturated carbocycles. The van der Waals surface area contributed by atoms with E-state index in [1.807, 2.05) is 0 Å². The van der Waals surface area contributed by atoms with Crippen LogP contribution in [0.3, 0.4) is 0 Å². The normalized spacial score (nSPS) is 12.8. The molecule has 0 saturated heterocycles. The Bertz CT molecular complexity index is 1500. The van der Waals surface area contributed by atoms with Crippen LogP contribution in [-0.4, -0.2) is 42.7 Å². The number of imidazole rings is 1. The molecule has 36 heavy (non-hydrogen) atoms. The lowest BCUT2D eigenvalue weighted by molar-refractivity contribution is 0.102. The van der Waals surface area contributed by atoms with Gasteiger partial charge < -0.3 is 9.30 Å². The number of amides is 1. The third-order valence-corrected chi connectivity index (χ3v) is 6.21. The summed E-state index contributed by atoms with van der Waals surface area (Å²) in [5, 5.41) is 11.5. The number of pyridine rings is 2. The van der Waals surface area contributed by atoms with Gasteiger partial charge in [0.1, 0.15) is 11.4 Å². The van der Waals surface area contributed by atoms with Gasteiger partial charge in [-0.25, -0.2) is 13.8 Å². The van der Waals surface area contributed by atoms with Crippen molar-refractivity contribution in [2.75, 3.05) is 12.4 Å². The highest BCUT2D eigenvalue weighted by Gasteiger charge is 2.22. The highest BCUT2D eigenvalue weighted by Crippen LogP contribution is 2.36. The molecule has 4 aromatic rings. The Morgan fingerprint density at radius 3 is 2.72 bits per heavy atom. The maximum absolute atomic E-state index is 13.5. The van der Waals surface area contributed by atoms with Gasteiger partial charge in [-0.2, -0.15) is 0 Å². The third kappa shape index (κ3) is 4.92. The maximum atomic E-state index is 13.5. The van der Waals surface area contributed by atoms with Gasteiger partial charge in [-0.15, -0.1) is 10.2 Å². The Labute approximate surface area is 208 Å². The predicted octanol–water partition coefficient (Wildman–Crippen LogP) is 4.36. The monoisotopic (exact) mass is 507 g/mol. The molecule has 1 amide bonds. The first-order valence-electron chi connectivity index (χ1n) is 10.9. The summed E-state index contributed by atoms with van der Waals surface area (Å²) in [5.74, 6) is 6.16. The SMILES string of the molecule is COc1cnc(C(F)F)cc1-c1cc(-c2cncn2C)ncc1C(=O)Nc1nnc(C#CC2CC2)s1. The number of carbonyl (C=O) groups is 1. The van der Waals surface area contributed by atoms with E-state index in [-0.39, 0.29) is 22.0 Å². The Balaban J connectivity index is 1.56. The van der Waals surface area contributed by atoms with Gasteiger partial charge in [-0.3, -0.25) is 20.1 Å². The summed E-state index contributed by atoms with van der Waals surface area (Å²) in [6.45, 7) is 0. The van der Waals surface area contributed by atoms with Crippen molar-refractivity contribution in [2.45, 2.75) is 19.3 Å². The quantitative estimate of drug-likeness (QED) is 0.387. The van der Waals surface area contributed by atoms with Crippen LogP contribution in [0.1, 0.15) is 40.3 Å². The zero-order valence-electron chi connectivity index (χ0n) is 19.2. The molecule has 4 heterocycles. The van der Waals surface area contributed by atoms with E-state index >= 15 is 0 Å². The van der Waals surface area contributed by atoms with Crippen LogP contribution in [-0.2, 0) is 7.05 Å². The summed E-state index contributed by atoms with van der Waals surface area (Å²) >= 11 is 1.15. The van der Waals surface area contributed by atoms with Crippen LogP contribution < -0.4 is 10.1 Å². The fraction of sp³-hybridized carbons (Fsp3) is 0.250. The molecule has 0 atom stereocenters. The van der Waals surface area contributed by atoms with Crippen molar-refractivity contribution in [3.05, 3.63) is 53.3 Å². The number of rotatable bonds is 6. The second kappa shape index (κ2) is 9.79. The number of nitrogens with zero attached hydrogens (tertiary/aromatic N) is 6. The molecule has 1 aliphatic rings. The summed E-state index contributed by atoms with van der Waals surface area (Å²) in [6.07, 6.45) is 5.19. The summed E-state index contributed by atoms with van der Waals surface area (Å²) in [7, 11) is 3.20. The van der Waals surface area contributed by atoms with E-state index in [0.717, 1.165) is 24.2 Å². The van der Waals surface area contributed by atoms with E-state index in [1.54, 1.807) is 30.2 Å². The van der Waals surface area contributed by atoms with Crippen LogP contribution in [0.15, 0.2) is 37.1 Å². The third-order valence-electron chi connectivity index (χ3n) is 5.46. The molecule has 1 aliphatic carbocycles. The fourth-order valence-electron chi connectivity index (χ4n) is 3.43. The summed E-state index contributed by atoms with van der Waals surface area (Å²) < 4.78 is 34.1. The number of nitrogens with one attached hydrogen (secondary N) is 1. The molecule has 5 rings (SSSR count). The van der Waals surface area contributed by atoms with E-state index in [2.05, 4.69) is 42.3 Å². The Morgan fingerprint density at radius 2 is 2.03 bits per heavy atom. The van der Waals surface area contributed by atoms with Gasteiger partial charge in [-0.05, 0) is 30.9 Å². The molecule has 9 nitrogen and oxygen atoms in total. The minimum absolute atomic E-state index is 0.131. The minimum atomic E-state index is -2.80. The number of halogens is 2. The van der Waals surface area contributed by atoms with Gasteiger partial charge in [0.2, 0.25) is 5.13 Å². The van der Waals surface area contributed by atoms with Crippen LogP contribution in [0.5, 0.6) is 5.75 Å². The second-order valence-electron chi connectivity index (χ2n) is 8.03. The molecule has 1 fully saturated rings. The number of aromatic nitrogens is 6. The fourth-order valence-corrected chi connectivity index (χ4v) is 4.04. The topological polar surface area (TPSA) is 108 Å². The standard InChI is InChI=1S/C24H19F2N7O2S/c1-33-12-27-10-19(33)17-7-14(15-8-18(22(25)26)29-11-20(15)35-2)16(9-28-17)23(34)30-24-32-31-21(36-24)6-5-13-3-4-13/h7-13,22H,3-4H2,1-2H3,(H,30,32,34). The Hall–Kier alpha value is -4.24. The molecule has 0 radical (unpaired) electrons. The van der Waals surface area contributed by atoms with E-state index in [9.17, 15) is 13.6 Å². The number of hydrogen-bond acceptors (Lipinski definition) is 8. The van der Waals surface area contributed by atoms with Crippen LogP contribution in [0.2, 0.25) is 0 Å². The predicted molar refractivity (Wildman–Crippen MR) is 129 cm³/mol. The molecule has 0 unspecified atom stereocenters. The summed E-state index contributed by atoms with van der Waals surface area (Å²) in [6, 6.07) is 2.84. The summed E-state index contributed by atoms with van der Waals surface area (Å²) in [5.41, 5.74) is 1.46. The highest BCUT2D eigenvalue weighted by molar-refractivity contribution is 7.15. The summed E-state index contributed by atoms with van der Waals surface area (Å²) in [4.78, 5) is 25.6. The number of methoxy groups -OCH3 is 1. The van der Waals surface area contributed by atoms with Crippen LogP contribution in [0.25, 0.3) is 22.5 Å². The van der Waals surface area contributed by atoms with Crippen molar-refractivity contribution in [2.24, 2.45) is 13.0 Å². The highest BCUT2D eigenvalue weighted by atomic mass is 32.1. The average molecular weight is 508 g/mol. The minimum Gasteiger partial charge on any atom is -0.494 e. The van der Waals surface area contributed by atoms with Crippen molar-refractivity contribution >= 4 is 22.4 Å². The van der Waals surface area contributed by atoms with Crippen molar-refractivity contribution in [3.8, 4) is 40.1 Å². The van der Waals surface area contributed by atoms with Crippen molar-refractivity contribution in [1.82, 2.24) is 29.7 Å². The molecule has 0 bridgehead atoms. The molecule has 12 heteroatoms. The van der Waals surface area contributed by atoms with E-state index in [4.69, 9.17) is 4.74 Å². The molecule has 4 aromatic heterocycles. The van der Waals surface area contributed by atoms with Crippen LogP contribution >= 0.6 is 11.3 Å². The van der Waals surface area contributed by atoms with E-state index < -0.39 is 18.0 Å². The molecule has 0 aliphatic heterocycles. The number of ether oxygens (including phenoxy) is 1. The first kappa shape index (κ1) is 23.5. The molecular weight excluding hydrogens is 488 g/mol. The van der Waals surface area contributed by atoms with Crippen LogP contribution in [0, 0.1) is 17.8 Å². The smallest absolute Gasteiger partial charge is 0.280 e.